The van der Waals surface area contributed by atoms with Gasteiger partial charge in [0, 0.05) is 31.2 Å². The number of fused-ring (bicyclic) bond motifs is 2. The maximum Gasteiger partial charge on any atom is 0.471 e. The second-order valence-corrected chi connectivity index (χ2v) is 4.80. The second-order valence-electron chi connectivity index (χ2n) is 4.80. The summed E-state index contributed by atoms with van der Waals surface area (Å²) in [4.78, 5) is 14.3. The lowest BCUT2D eigenvalue weighted by molar-refractivity contribution is -0.205. The van der Waals surface area contributed by atoms with Gasteiger partial charge in [-0.15, -0.1) is 0 Å². The molecule has 0 aromatic carbocycles. The van der Waals surface area contributed by atoms with Gasteiger partial charge in [-0.05, 0) is 20.3 Å². The molecular weight excluding hydrogens is 221 g/mol. The first-order chi connectivity index (χ1) is 7.30. The van der Waals surface area contributed by atoms with Crippen LogP contribution in [0.2, 0.25) is 0 Å². The monoisotopic (exact) mass is 236 g/mol. The highest BCUT2D eigenvalue weighted by Gasteiger charge is 2.54. The van der Waals surface area contributed by atoms with E-state index in [4.69, 9.17) is 0 Å². The molecule has 0 radical (unpaired) electrons. The Morgan fingerprint density at radius 3 is 2.12 bits per heavy atom. The number of hydrogen-bond donors (Lipinski definition) is 0. The molecule has 3 fully saturated rings. The summed E-state index contributed by atoms with van der Waals surface area (Å²) in [6.45, 7) is 5.16. The molecule has 0 N–H and O–H groups in total. The van der Waals surface area contributed by atoms with E-state index in [0.717, 1.165) is 4.90 Å². The standard InChI is InChI=1S/C10H15F3N2O/c1-6(2)14-4-7-3-8(5-14)15(7)9(16)10(11,12)13/h6-8H,3-5H2,1-2H3. The number of halogens is 3. The minimum Gasteiger partial charge on any atom is -0.326 e. The van der Waals surface area contributed by atoms with Gasteiger partial charge in [-0.2, -0.15) is 13.2 Å². The molecule has 0 saturated carbocycles. The summed E-state index contributed by atoms with van der Waals surface area (Å²) in [5.74, 6) is -1.67. The molecule has 2 atom stereocenters. The lowest BCUT2D eigenvalue weighted by Gasteiger charge is -2.57. The number of carbonyl (C=O) groups is 1. The molecule has 0 aromatic heterocycles. The van der Waals surface area contributed by atoms with Gasteiger partial charge in [0.05, 0.1) is 0 Å². The van der Waals surface area contributed by atoms with Gasteiger partial charge in [0.1, 0.15) is 0 Å². The summed E-state index contributed by atoms with van der Waals surface area (Å²) in [5, 5.41) is 0. The number of alkyl halides is 3. The van der Waals surface area contributed by atoms with Crippen LogP contribution in [0.4, 0.5) is 13.2 Å². The summed E-state index contributed by atoms with van der Waals surface area (Å²) >= 11 is 0. The van der Waals surface area contributed by atoms with Crippen LogP contribution in [0.1, 0.15) is 20.3 Å². The summed E-state index contributed by atoms with van der Waals surface area (Å²) in [5.41, 5.74) is 0. The van der Waals surface area contributed by atoms with Crippen molar-refractivity contribution in [2.45, 2.75) is 44.6 Å². The topological polar surface area (TPSA) is 23.6 Å². The number of piperazine rings is 1. The van der Waals surface area contributed by atoms with E-state index in [1.54, 1.807) is 0 Å². The van der Waals surface area contributed by atoms with E-state index in [0.29, 0.717) is 25.6 Å². The van der Waals surface area contributed by atoms with Crippen molar-refractivity contribution in [3.05, 3.63) is 0 Å². The average Bonchev–Trinajstić information content (AvgIpc) is 2.16. The minimum absolute atomic E-state index is 0.240. The Hall–Kier alpha value is -0.780. The molecule has 3 aliphatic rings. The Morgan fingerprint density at radius 2 is 1.75 bits per heavy atom. The predicted octanol–water partition coefficient (Wildman–Crippen LogP) is 1.24. The van der Waals surface area contributed by atoms with Gasteiger partial charge in [-0.1, -0.05) is 0 Å². The number of hydrogen-bond acceptors (Lipinski definition) is 2. The van der Waals surface area contributed by atoms with Crippen molar-refractivity contribution >= 4 is 5.91 Å². The lowest BCUT2D eigenvalue weighted by atomic mass is 9.86. The molecule has 16 heavy (non-hydrogen) atoms. The third-order valence-electron chi connectivity index (χ3n) is 3.43. The molecule has 92 valence electrons. The van der Waals surface area contributed by atoms with Crippen LogP contribution in [-0.4, -0.2) is 53.1 Å². The SMILES string of the molecule is CC(C)N1CC2CC(C1)N2C(=O)C(F)(F)F. The zero-order valence-corrected chi connectivity index (χ0v) is 9.29. The molecule has 0 aromatic rings. The largest absolute Gasteiger partial charge is 0.471 e. The Bertz CT molecular complexity index is 291. The first kappa shape index (κ1) is 11.7. The van der Waals surface area contributed by atoms with Crippen LogP contribution in [-0.2, 0) is 4.79 Å². The van der Waals surface area contributed by atoms with Gasteiger partial charge in [0.25, 0.3) is 0 Å². The van der Waals surface area contributed by atoms with Crippen molar-refractivity contribution in [3.63, 3.8) is 0 Å². The van der Waals surface area contributed by atoms with Crippen LogP contribution in [0.5, 0.6) is 0 Å². The third kappa shape index (κ3) is 1.79. The van der Waals surface area contributed by atoms with Crippen LogP contribution >= 0.6 is 0 Å². The van der Waals surface area contributed by atoms with Crippen molar-refractivity contribution in [1.82, 2.24) is 9.80 Å². The third-order valence-corrected chi connectivity index (χ3v) is 3.43. The molecular formula is C10H15F3N2O. The fraction of sp³-hybridized carbons (Fsp3) is 0.900. The van der Waals surface area contributed by atoms with E-state index in [-0.39, 0.29) is 12.1 Å². The van der Waals surface area contributed by atoms with Crippen molar-refractivity contribution in [2.24, 2.45) is 0 Å². The highest BCUT2D eigenvalue weighted by molar-refractivity contribution is 5.83. The molecule has 2 bridgehead atoms. The van der Waals surface area contributed by atoms with E-state index in [2.05, 4.69) is 4.90 Å². The zero-order valence-electron chi connectivity index (χ0n) is 9.29. The fourth-order valence-corrected chi connectivity index (χ4v) is 2.54. The Kier molecular flexibility index (Phi) is 2.64. The van der Waals surface area contributed by atoms with Crippen LogP contribution < -0.4 is 0 Å². The van der Waals surface area contributed by atoms with Crippen LogP contribution in [0.15, 0.2) is 0 Å². The van der Waals surface area contributed by atoms with Gasteiger partial charge < -0.3 is 4.90 Å². The average molecular weight is 236 g/mol. The quantitative estimate of drug-likeness (QED) is 0.684. The van der Waals surface area contributed by atoms with E-state index < -0.39 is 12.1 Å². The minimum atomic E-state index is -4.73. The van der Waals surface area contributed by atoms with Crippen molar-refractivity contribution in [2.75, 3.05) is 13.1 Å². The van der Waals surface area contributed by atoms with Crippen LogP contribution in [0, 0.1) is 0 Å². The number of rotatable bonds is 1. The van der Waals surface area contributed by atoms with E-state index in [1.165, 1.54) is 0 Å². The zero-order chi connectivity index (χ0) is 12.1. The van der Waals surface area contributed by atoms with Crippen molar-refractivity contribution in [1.29, 1.82) is 0 Å². The Labute approximate surface area is 92.2 Å². The molecule has 1 amide bonds. The summed E-state index contributed by atoms with van der Waals surface area (Å²) < 4.78 is 36.8. The van der Waals surface area contributed by atoms with E-state index >= 15 is 0 Å². The van der Waals surface area contributed by atoms with Crippen LogP contribution in [0.3, 0.4) is 0 Å². The van der Waals surface area contributed by atoms with Crippen molar-refractivity contribution in [3.8, 4) is 0 Å². The summed E-state index contributed by atoms with van der Waals surface area (Å²) in [7, 11) is 0. The number of carbonyl (C=O) groups excluding carboxylic acids is 1. The lowest BCUT2D eigenvalue weighted by Crippen LogP contribution is -2.72. The van der Waals surface area contributed by atoms with Gasteiger partial charge in [0.2, 0.25) is 0 Å². The molecule has 0 spiro atoms. The molecule has 3 nitrogen and oxygen atoms in total. The van der Waals surface area contributed by atoms with Crippen LogP contribution in [0.25, 0.3) is 0 Å². The molecule has 3 saturated heterocycles. The molecule has 0 aliphatic carbocycles. The molecule has 3 heterocycles. The normalized spacial score (nSPS) is 30.5. The second kappa shape index (κ2) is 3.61. The van der Waals surface area contributed by atoms with E-state index in [1.807, 2.05) is 13.8 Å². The molecule has 3 rings (SSSR count). The predicted molar refractivity (Wildman–Crippen MR) is 51.8 cm³/mol. The Balaban J connectivity index is 2.01. The first-order valence-corrected chi connectivity index (χ1v) is 5.44. The number of piperidine rings is 1. The van der Waals surface area contributed by atoms with Gasteiger partial charge >= 0.3 is 12.1 Å². The highest BCUT2D eigenvalue weighted by Crippen LogP contribution is 2.36. The van der Waals surface area contributed by atoms with Gasteiger partial charge in [-0.25, -0.2) is 0 Å². The highest BCUT2D eigenvalue weighted by atomic mass is 19.4. The number of nitrogens with zero attached hydrogens (tertiary/aromatic N) is 2. The molecule has 6 heteroatoms. The molecule has 2 unspecified atom stereocenters. The maximum absolute atomic E-state index is 12.3. The molecule has 3 aliphatic heterocycles. The van der Waals surface area contributed by atoms with Gasteiger partial charge in [0.15, 0.2) is 0 Å². The smallest absolute Gasteiger partial charge is 0.326 e. The summed E-state index contributed by atoms with van der Waals surface area (Å²) in [6.07, 6.45) is -4.01. The number of amides is 1. The maximum atomic E-state index is 12.3. The van der Waals surface area contributed by atoms with Crippen molar-refractivity contribution < 1.29 is 18.0 Å². The van der Waals surface area contributed by atoms with Gasteiger partial charge in [-0.3, -0.25) is 9.69 Å². The Morgan fingerprint density at radius 1 is 1.25 bits per heavy atom. The van der Waals surface area contributed by atoms with E-state index in [9.17, 15) is 18.0 Å². The first-order valence-electron chi connectivity index (χ1n) is 5.44. The summed E-state index contributed by atoms with van der Waals surface area (Å²) in [6, 6.07) is -0.154. The fourth-order valence-electron chi connectivity index (χ4n) is 2.54.